The summed E-state index contributed by atoms with van der Waals surface area (Å²) in [5.41, 5.74) is 5.15. The lowest BCUT2D eigenvalue weighted by atomic mass is 10.1. The van der Waals surface area contributed by atoms with E-state index in [-0.39, 0.29) is 17.7 Å². The molecule has 3 amide bonds. The number of carbonyl (C=O) groups is 3. The minimum atomic E-state index is -0.298. The Morgan fingerprint density at radius 1 is 0.857 bits per heavy atom. The molecule has 2 N–H and O–H groups in total. The lowest BCUT2D eigenvalue weighted by Crippen LogP contribution is -2.32. The number of carbonyl (C=O) groups excluding carboxylic acids is 3. The molecule has 0 atom stereocenters. The van der Waals surface area contributed by atoms with Crippen molar-refractivity contribution in [3.63, 3.8) is 0 Å². The zero-order valence-corrected chi connectivity index (χ0v) is 23.4. The van der Waals surface area contributed by atoms with Gasteiger partial charge in [0.25, 0.3) is 17.7 Å². The monoisotopic (exact) mass is 573 g/mol. The second kappa shape index (κ2) is 10.8. The quantitative estimate of drug-likeness (QED) is 0.263. The molecule has 1 saturated carbocycles. The van der Waals surface area contributed by atoms with Crippen molar-refractivity contribution in [2.75, 3.05) is 16.8 Å². The van der Waals surface area contributed by atoms with Crippen LogP contribution < -0.4 is 15.5 Å². The van der Waals surface area contributed by atoms with Gasteiger partial charge in [-0.15, -0.1) is 11.3 Å². The second-order valence-corrected chi connectivity index (χ2v) is 11.5. The number of nitrogens with one attached hydrogen (secondary N) is 2. The summed E-state index contributed by atoms with van der Waals surface area (Å²) < 4.78 is 1.59. The molecule has 1 fully saturated rings. The first-order valence-electron chi connectivity index (χ1n) is 13.9. The fourth-order valence-corrected chi connectivity index (χ4v) is 6.35. The summed E-state index contributed by atoms with van der Waals surface area (Å²) in [6.07, 6.45) is 4.33. The van der Waals surface area contributed by atoms with Crippen LogP contribution in [0.5, 0.6) is 0 Å². The Labute approximate surface area is 246 Å². The van der Waals surface area contributed by atoms with E-state index in [2.05, 4.69) is 15.7 Å². The molecule has 208 valence electrons. The fraction of sp³-hybridized carbons (Fsp3) is 0.152. The van der Waals surface area contributed by atoms with Gasteiger partial charge >= 0.3 is 0 Å². The van der Waals surface area contributed by atoms with Crippen LogP contribution in [-0.4, -0.2) is 40.1 Å². The molecule has 7 rings (SSSR count). The van der Waals surface area contributed by atoms with E-state index in [1.807, 2.05) is 60.7 Å². The van der Waals surface area contributed by atoms with E-state index in [0.717, 1.165) is 40.2 Å². The van der Waals surface area contributed by atoms with Gasteiger partial charge in [-0.25, -0.2) is 4.68 Å². The maximum atomic E-state index is 13.8. The van der Waals surface area contributed by atoms with Gasteiger partial charge in [-0.2, -0.15) is 5.10 Å². The van der Waals surface area contributed by atoms with Crippen molar-refractivity contribution in [3.8, 4) is 16.1 Å². The average Bonchev–Trinajstić information content (AvgIpc) is 3.55. The van der Waals surface area contributed by atoms with Gasteiger partial charge in [-0.05, 0) is 79.4 Å². The Morgan fingerprint density at radius 2 is 1.62 bits per heavy atom. The molecule has 1 aliphatic heterocycles. The first-order valence-corrected chi connectivity index (χ1v) is 14.7. The molecule has 1 aliphatic carbocycles. The molecule has 3 heterocycles. The van der Waals surface area contributed by atoms with Crippen molar-refractivity contribution in [2.45, 2.75) is 25.3 Å². The molecule has 9 heteroatoms. The molecule has 0 bridgehead atoms. The first kappa shape index (κ1) is 25.9. The normalized spacial score (nSPS) is 14.0. The summed E-state index contributed by atoms with van der Waals surface area (Å²) in [6, 6.07) is 28.2. The summed E-state index contributed by atoms with van der Waals surface area (Å²) in [6.45, 7) is 0.491. The molecule has 0 saturated heterocycles. The topological polar surface area (TPSA) is 96.3 Å². The van der Waals surface area contributed by atoms with E-state index in [9.17, 15) is 14.4 Å². The molecule has 0 radical (unpaired) electrons. The summed E-state index contributed by atoms with van der Waals surface area (Å²) in [7, 11) is 0. The number of fused-ring (bicyclic) bond motifs is 3. The number of hydrogen-bond donors (Lipinski definition) is 2. The number of anilines is 2. The minimum absolute atomic E-state index is 0.0160. The smallest absolute Gasteiger partial charge is 0.274 e. The summed E-state index contributed by atoms with van der Waals surface area (Å²) in [4.78, 5) is 43.1. The van der Waals surface area contributed by atoms with Crippen LogP contribution in [0.1, 0.15) is 48.9 Å². The Hall–Kier alpha value is -5.02. The van der Waals surface area contributed by atoms with Gasteiger partial charge in [0, 0.05) is 34.3 Å². The van der Waals surface area contributed by atoms with Crippen molar-refractivity contribution >= 4 is 40.4 Å². The standard InChI is InChI=1S/C33H27N5O3S/c39-31(28-16-18-34-38(28)25-6-2-1-3-7-25)35-23-12-10-21(11-13-23)33(41)37-19-17-22-20-29(32(40)36-24-14-15-24)42-30(22)26-8-4-5-9-27(26)37/h1-13,16,18,20,24H,14-15,17,19H2,(H,35,39)(H,36,40). The lowest BCUT2D eigenvalue weighted by molar-refractivity contribution is 0.0952. The number of aromatic nitrogens is 2. The van der Waals surface area contributed by atoms with Crippen LogP contribution in [0.3, 0.4) is 0 Å². The minimum Gasteiger partial charge on any atom is -0.349 e. The van der Waals surface area contributed by atoms with Crippen LogP contribution in [-0.2, 0) is 6.42 Å². The van der Waals surface area contributed by atoms with Gasteiger partial charge in [0.15, 0.2) is 0 Å². The van der Waals surface area contributed by atoms with Crippen LogP contribution in [0, 0.1) is 0 Å². The number of amides is 3. The van der Waals surface area contributed by atoms with E-state index >= 15 is 0 Å². The summed E-state index contributed by atoms with van der Waals surface area (Å²) >= 11 is 1.49. The van der Waals surface area contributed by atoms with Crippen LogP contribution in [0.15, 0.2) is 97.2 Å². The van der Waals surface area contributed by atoms with E-state index in [0.29, 0.717) is 40.8 Å². The molecule has 0 spiro atoms. The fourth-order valence-electron chi connectivity index (χ4n) is 5.20. The Balaban J connectivity index is 1.09. The van der Waals surface area contributed by atoms with Crippen molar-refractivity contribution in [3.05, 3.63) is 119 Å². The lowest BCUT2D eigenvalue weighted by Gasteiger charge is -2.23. The molecule has 42 heavy (non-hydrogen) atoms. The van der Waals surface area contributed by atoms with Crippen molar-refractivity contribution in [1.82, 2.24) is 15.1 Å². The van der Waals surface area contributed by atoms with E-state index in [1.54, 1.807) is 46.1 Å². The molecule has 0 unspecified atom stereocenters. The third-order valence-electron chi connectivity index (χ3n) is 7.50. The zero-order valence-electron chi connectivity index (χ0n) is 22.6. The number of thiophene rings is 1. The van der Waals surface area contributed by atoms with Gasteiger partial charge < -0.3 is 15.5 Å². The highest BCUT2D eigenvalue weighted by Crippen LogP contribution is 2.42. The second-order valence-electron chi connectivity index (χ2n) is 10.4. The molecule has 3 aromatic carbocycles. The first-order chi connectivity index (χ1) is 20.5. The van der Waals surface area contributed by atoms with Crippen LogP contribution >= 0.6 is 11.3 Å². The summed E-state index contributed by atoms with van der Waals surface area (Å²) in [5, 5.41) is 10.3. The Morgan fingerprint density at radius 3 is 2.40 bits per heavy atom. The van der Waals surface area contributed by atoms with Crippen LogP contribution in [0.25, 0.3) is 16.1 Å². The molecule has 2 aromatic heterocycles. The van der Waals surface area contributed by atoms with Gasteiger partial charge in [-0.3, -0.25) is 14.4 Å². The number of hydrogen-bond acceptors (Lipinski definition) is 5. The van der Waals surface area contributed by atoms with Crippen LogP contribution in [0.2, 0.25) is 0 Å². The molecule has 8 nitrogen and oxygen atoms in total. The van der Waals surface area contributed by atoms with E-state index < -0.39 is 0 Å². The molecule has 5 aromatic rings. The Bertz CT molecular complexity index is 1800. The van der Waals surface area contributed by atoms with Gasteiger partial charge in [0.1, 0.15) is 5.69 Å². The highest BCUT2D eigenvalue weighted by molar-refractivity contribution is 7.17. The number of para-hydroxylation sites is 2. The maximum Gasteiger partial charge on any atom is 0.274 e. The number of benzene rings is 3. The van der Waals surface area contributed by atoms with E-state index in [1.165, 1.54) is 11.3 Å². The van der Waals surface area contributed by atoms with Crippen LogP contribution in [0.4, 0.5) is 11.4 Å². The largest absolute Gasteiger partial charge is 0.349 e. The van der Waals surface area contributed by atoms with Crippen molar-refractivity contribution in [1.29, 1.82) is 0 Å². The zero-order chi connectivity index (χ0) is 28.6. The molecule has 2 aliphatic rings. The van der Waals surface area contributed by atoms with Gasteiger partial charge in [0.2, 0.25) is 0 Å². The number of rotatable bonds is 6. The van der Waals surface area contributed by atoms with Crippen molar-refractivity contribution < 1.29 is 14.4 Å². The highest BCUT2D eigenvalue weighted by Gasteiger charge is 2.29. The third-order valence-corrected chi connectivity index (χ3v) is 8.71. The third kappa shape index (κ3) is 4.99. The summed E-state index contributed by atoms with van der Waals surface area (Å²) in [5.74, 6) is -0.435. The Kier molecular flexibility index (Phi) is 6.64. The predicted molar refractivity (Wildman–Crippen MR) is 164 cm³/mol. The molecular weight excluding hydrogens is 546 g/mol. The SMILES string of the molecule is O=C(NC1CC1)c1cc2c(s1)-c1ccccc1N(C(=O)c1ccc(NC(=O)c3ccnn3-c3ccccc3)cc1)CC2. The van der Waals surface area contributed by atoms with Crippen molar-refractivity contribution in [2.24, 2.45) is 0 Å². The van der Waals surface area contributed by atoms with E-state index in [4.69, 9.17) is 0 Å². The highest BCUT2D eigenvalue weighted by atomic mass is 32.1. The molecular formula is C33H27N5O3S. The predicted octanol–water partition coefficient (Wildman–Crippen LogP) is 5.95. The number of nitrogens with zero attached hydrogens (tertiary/aromatic N) is 3. The maximum absolute atomic E-state index is 13.8. The van der Waals surface area contributed by atoms with Gasteiger partial charge in [-0.1, -0.05) is 36.4 Å². The van der Waals surface area contributed by atoms with Gasteiger partial charge in [0.05, 0.1) is 22.4 Å². The average molecular weight is 574 g/mol.